The molecule has 6 nitrogen and oxygen atoms in total. The van der Waals surface area contributed by atoms with Gasteiger partial charge in [0.15, 0.2) is 11.5 Å². The van der Waals surface area contributed by atoms with Crippen LogP contribution < -0.4 is 9.47 Å². The van der Waals surface area contributed by atoms with E-state index in [0.29, 0.717) is 35.7 Å². The summed E-state index contributed by atoms with van der Waals surface area (Å²) in [5.41, 5.74) is 4.92. The highest BCUT2D eigenvalue weighted by Crippen LogP contribution is 2.35. The summed E-state index contributed by atoms with van der Waals surface area (Å²) in [5, 5.41) is 9.21. The highest BCUT2D eigenvalue weighted by molar-refractivity contribution is 5.84. The second-order valence-corrected chi connectivity index (χ2v) is 6.36. The number of benzene rings is 2. The van der Waals surface area contributed by atoms with E-state index in [-0.39, 0.29) is 0 Å². The Bertz CT molecular complexity index is 1120. The molecule has 4 rings (SSSR count). The van der Waals surface area contributed by atoms with Gasteiger partial charge in [-0.15, -0.1) is 0 Å². The smallest absolute Gasteiger partial charge is 0.161 e. The van der Waals surface area contributed by atoms with E-state index in [9.17, 15) is 5.26 Å². The summed E-state index contributed by atoms with van der Waals surface area (Å²) in [6.45, 7) is 0. The Kier molecular flexibility index (Phi) is 4.73. The Morgan fingerprint density at radius 1 is 1.04 bits per heavy atom. The molecule has 6 heteroatoms. The van der Waals surface area contributed by atoms with Crippen LogP contribution in [0.4, 0.5) is 5.69 Å². The van der Waals surface area contributed by atoms with Gasteiger partial charge in [-0.2, -0.15) is 5.26 Å². The summed E-state index contributed by atoms with van der Waals surface area (Å²) in [4.78, 5) is 13.9. The quantitative estimate of drug-likeness (QED) is 0.681. The average Bonchev–Trinajstić information content (AvgIpc) is 3.21. The van der Waals surface area contributed by atoms with Crippen LogP contribution in [0.15, 0.2) is 47.5 Å². The largest absolute Gasteiger partial charge is 0.493 e. The number of aliphatic imine (C=N–C) groups is 1. The van der Waals surface area contributed by atoms with Crippen molar-refractivity contribution in [3.8, 4) is 28.8 Å². The number of fused-ring (bicyclic) bond motifs is 1. The third-order valence-corrected chi connectivity index (χ3v) is 4.58. The van der Waals surface area contributed by atoms with E-state index < -0.39 is 0 Å². The van der Waals surface area contributed by atoms with Crippen molar-refractivity contribution in [3.63, 3.8) is 0 Å². The fraction of sp³-hybridized carbons (Fsp3) is 0.182. The molecule has 0 saturated heterocycles. The predicted octanol–water partition coefficient (Wildman–Crippen LogP) is 3.88. The lowest BCUT2D eigenvalue weighted by molar-refractivity contribution is 0.354. The Hall–Kier alpha value is -3.72. The third-order valence-electron chi connectivity index (χ3n) is 4.58. The van der Waals surface area contributed by atoms with E-state index in [2.05, 4.69) is 11.1 Å². The topological polar surface area (TPSA) is 80.4 Å². The van der Waals surface area contributed by atoms with Gasteiger partial charge in [-0.1, -0.05) is 18.2 Å². The van der Waals surface area contributed by atoms with E-state index in [1.165, 1.54) is 0 Å². The first-order valence-corrected chi connectivity index (χ1v) is 8.85. The second kappa shape index (κ2) is 7.49. The zero-order valence-corrected chi connectivity index (χ0v) is 15.6. The fourth-order valence-electron chi connectivity index (χ4n) is 3.24. The van der Waals surface area contributed by atoms with Gasteiger partial charge in [0.25, 0.3) is 0 Å². The Morgan fingerprint density at radius 2 is 1.89 bits per heavy atom. The molecule has 0 unspecified atom stereocenters. The van der Waals surface area contributed by atoms with E-state index in [0.717, 1.165) is 28.2 Å². The molecule has 0 fully saturated rings. The minimum absolute atomic E-state index is 0.554. The highest BCUT2D eigenvalue weighted by Gasteiger charge is 2.19. The first-order valence-electron chi connectivity index (χ1n) is 8.85. The van der Waals surface area contributed by atoms with Crippen LogP contribution in [0, 0.1) is 11.3 Å². The molecule has 0 aliphatic carbocycles. The summed E-state index contributed by atoms with van der Waals surface area (Å²) in [5.74, 6) is 2.06. The molecule has 1 aliphatic rings. The van der Waals surface area contributed by atoms with Crippen molar-refractivity contribution >= 4 is 11.9 Å². The van der Waals surface area contributed by atoms with Gasteiger partial charge in [-0.25, -0.2) is 9.97 Å². The summed E-state index contributed by atoms with van der Waals surface area (Å²) >= 11 is 0. The maximum absolute atomic E-state index is 9.21. The number of rotatable bonds is 5. The molecule has 0 N–H and O–H groups in total. The Balaban J connectivity index is 1.75. The van der Waals surface area contributed by atoms with Gasteiger partial charge in [0, 0.05) is 24.6 Å². The van der Waals surface area contributed by atoms with Crippen molar-refractivity contribution in [1.29, 1.82) is 5.26 Å². The van der Waals surface area contributed by atoms with Gasteiger partial charge in [-0.3, -0.25) is 4.99 Å². The van der Waals surface area contributed by atoms with Crippen molar-refractivity contribution in [1.82, 2.24) is 9.97 Å². The first kappa shape index (κ1) is 17.7. The van der Waals surface area contributed by atoms with Gasteiger partial charge in [0.05, 0.1) is 37.2 Å². The normalized spacial score (nSPS) is 11.8. The molecular formula is C22H18N4O2. The molecular weight excluding hydrogens is 352 g/mol. The zero-order chi connectivity index (χ0) is 19.5. The molecule has 0 saturated carbocycles. The number of methoxy groups -OCH3 is 2. The van der Waals surface area contributed by atoms with E-state index in [4.69, 9.17) is 19.4 Å². The molecule has 2 aromatic carbocycles. The zero-order valence-electron chi connectivity index (χ0n) is 15.6. The molecule has 0 atom stereocenters. The van der Waals surface area contributed by atoms with Gasteiger partial charge >= 0.3 is 0 Å². The summed E-state index contributed by atoms with van der Waals surface area (Å²) in [7, 11) is 3.23. The fourth-order valence-corrected chi connectivity index (χ4v) is 3.24. The molecule has 1 aromatic heterocycles. The highest BCUT2D eigenvalue weighted by atomic mass is 16.5. The number of hydrogen-bond acceptors (Lipinski definition) is 6. The minimum Gasteiger partial charge on any atom is -0.493 e. The number of ether oxygens (including phenoxy) is 2. The van der Waals surface area contributed by atoms with Crippen LogP contribution in [0.1, 0.15) is 22.6 Å². The molecule has 138 valence electrons. The van der Waals surface area contributed by atoms with Gasteiger partial charge in [-0.05, 0) is 29.8 Å². The monoisotopic (exact) mass is 370 g/mol. The summed E-state index contributed by atoms with van der Waals surface area (Å²) in [6.07, 6.45) is 3.08. The van der Waals surface area contributed by atoms with Crippen LogP contribution in [0.3, 0.4) is 0 Å². The number of nitriles is 1. The second-order valence-electron chi connectivity index (χ2n) is 6.36. The lowest BCUT2D eigenvalue weighted by Gasteiger charge is -2.11. The Morgan fingerprint density at radius 3 is 2.68 bits per heavy atom. The number of nitrogens with zero attached hydrogens (tertiary/aromatic N) is 4. The van der Waals surface area contributed by atoms with Crippen LogP contribution in [0.2, 0.25) is 0 Å². The molecule has 0 amide bonds. The Labute approximate surface area is 163 Å². The number of aromatic nitrogens is 2. The van der Waals surface area contributed by atoms with Crippen LogP contribution in [-0.4, -0.2) is 30.4 Å². The first-order chi connectivity index (χ1) is 13.7. The lowest BCUT2D eigenvalue weighted by atomic mass is 10.1. The third kappa shape index (κ3) is 3.30. The molecule has 0 bridgehead atoms. The van der Waals surface area contributed by atoms with Crippen LogP contribution >= 0.6 is 0 Å². The minimum atomic E-state index is 0.554. The van der Waals surface area contributed by atoms with Crippen molar-refractivity contribution in [2.75, 3.05) is 14.2 Å². The van der Waals surface area contributed by atoms with Crippen LogP contribution in [-0.2, 0) is 12.8 Å². The van der Waals surface area contributed by atoms with Crippen molar-refractivity contribution in [3.05, 3.63) is 65.1 Å². The van der Waals surface area contributed by atoms with Crippen LogP contribution in [0.25, 0.3) is 11.3 Å². The molecule has 2 heterocycles. The summed E-state index contributed by atoms with van der Waals surface area (Å²) in [6, 6.07) is 15.4. The predicted molar refractivity (Wildman–Crippen MR) is 106 cm³/mol. The van der Waals surface area contributed by atoms with Gasteiger partial charge in [0.2, 0.25) is 0 Å². The van der Waals surface area contributed by atoms with Crippen LogP contribution in [0.5, 0.6) is 11.5 Å². The standard InChI is InChI=1S/C22H18N4O2/c1-27-18-7-6-14(11-19(18)28-2)12-20-25-17-8-9-24-22(17)21(26-20)16-5-3-4-15(10-16)13-23/h3-7,9-11H,8,12H2,1-2H3. The van der Waals surface area contributed by atoms with E-state index >= 15 is 0 Å². The van der Waals surface area contributed by atoms with Crippen molar-refractivity contribution in [2.45, 2.75) is 12.8 Å². The molecule has 0 radical (unpaired) electrons. The SMILES string of the molecule is COc1ccc(Cc2nc3c(c(-c4cccc(C#N)c4)n2)N=CC3)cc1OC. The molecule has 28 heavy (non-hydrogen) atoms. The van der Waals surface area contributed by atoms with Crippen molar-refractivity contribution in [2.24, 2.45) is 4.99 Å². The van der Waals surface area contributed by atoms with Gasteiger partial charge < -0.3 is 9.47 Å². The van der Waals surface area contributed by atoms with Gasteiger partial charge in [0.1, 0.15) is 11.5 Å². The van der Waals surface area contributed by atoms with E-state index in [1.807, 2.05) is 42.6 Å². The maximum atomic E-state index is 9.21. The molecule has 0 spiro atoms. The van der Waals surface area contributed by atoms with E-state index in [1.54, 1.807) is 20.3 Å². The lowest BCUT2D eigenvalue weighted by Crippen LogP contribution is -2.02. The molecule has 3 aromatic rings. The van der Waals surface area contributed by atoms with Crippen molar-refractivity contribution < 1.29 is 9.47 Å². The maximum Gasteiger partial charge on any atom is 0.161 e. The number of hydrogen-bond donors (Lipinski definition) is 0. The average molecular weight is 370 g/mol. The molecule has 1 aliphatic heterocycles. The summed E-state index contributed by atoms with van der Waals surface area (Å²) < 4.78 is 10.7.